The van der Waals surface area contributed by atoms with Gasteiger partial charge in [0.15, 0.2) is 0 Å². The van der Waals surface area contributed by atoms with Gasteiger partial charge in [0, 0.05) is 4.47 Å². The average Bonchev–Trinajstić information content (AvgIpc) is 2.59. The SMILES string of the molecule is N#CC1(Cc2ccc(Br)cc2F)CCCCCC1. The quantitative estimate of drug-likeness (QED) is 0.706. The van der Waals surface area contributed by atoms with Gasteiger partial charge < -0.3 is 0 Å². The van der Waals surface area contributed by atoms with E-state index in [1.54, 1.807) is 6.07 Å². The molecule has 18 heavy (non-hydrogen) atoms. The lowest BCUT2D eigenvalue weighted by Gasteiger charge is -2.25. The molecule has 0 aromatic heterocycles. The second-order valence-electron chi connectivity index (χ2n) is 5.22. The molecule has 1 aliphatic carbocycles. The van der Waals surface area contributed by atoms with Crippen LogP contribution in [0.2, 0.25) is 0 Å². The average molecular weight is 310 g/mol. The van der Waals surface area contributed by atoms with Gasteiger partial charge in [-0.2, -0.15) is 5.26 Å². The molecule has 1 aromatic carbocycles. The number of nitrogens with zero attached hydrogens (tertiary/aromatic N) is 1. The molecule has 0 N–H and O–H groups in total. The first-order valence-electron chi connectivity index (χ1n) is 6.50. The molecule has 1 aliphatic rings. The van der Waals surface area contributed by atoms with Crippen molar-refractivity contribution in [1.82, 2.24) is 0 Å². The van der Waals surface area contributed by atoms with Crippen molar-refractivity contribution in [3.8, 4) is 6.07 Å². The fourth-order valence-electron chi connectivity index (χ4n) is 2.76. The summed E-state index contributed by atoms with van der Waals surface area (Å²) < 4.78 is 14.6. The zero-order chi connectivity index (χ0) is 13.0. The van der Waals surface area contributed by atoms with E-state index in [2.05, 4.69) is 22.0 Å². The molecule has 0 radical (unpaired) electrons. The first-order chi connectivity index (χ1) is 8.65. The van der Waals surface area contributed by atoms with Crippen molar-refractivity contribution < 1.29 is 4.39 Å². The minimum Gasteiger partial charge on any atom is -0.207 e. The maximum absolute atomic E-state index is 13.9. The largest absolute Gasteiger partial charge is 0.207 e. The van der Waals surface area contributed by atoms with E-state index in [-0.39, 0.29) is 11.2 Å². The molecule has 2 rings (SSSR count). The molecule has 0 bridgehead atoms. The van der Waals surface area contributed by atoms with Crippen LogP contribution in [0.1, 0.15) is 44.1 Å². The molecule has 0 spiro atoms. The first kappa shape index (κ1) is 13.5. The summed E-state index contributed by atoms with van der Waals surface area (Å²) in [6.07, 6.45) is 6.93. The second-order valence-corrected chi connectivity index (χ2v) is 6.13. The van der Waals surface area contributed by atoms with E-state index in [0.717, 1.165) is 30.2 Å². The van der Waals surface area contributed by atoms with Crippen LogP contribution in [-0.2, 0) is 6.42 Å². The predicted molar refractivity (Wildman–Crippen MR) is 73.6 cm³/mol. The summed E-state index contributed by atoms with van der Waals surface area (Å²) in [6.45, 7) is 0. The van der Waals surface area contributed by atoms with E-state index in [1.807, 2.05) is 6.07 Å². The van der Waals surface area contributed by atoms with Gasteiger partial charge in [-0.25, -0.2) is 4.39 Å². The molecule has 0 atom stereocenters. The van der Waals surface area contributed by atoms with Gasteiger partial charge in [-0.05, 0) is 37.0 Å². The molecule has 1 nitrogen and oxygen atoms in total. The zero-order valence-corrected chi connectivity index (χ0v) is 12.0. The third kappa shape index (κ3) is 3.11. The number of halogens is 2. The molecule has 1 fully saturated rings. The van der Waals surface area contributed by atoms with Crippen LogP contribution >= 0.6 is 15.9 Å². The monoisotopic (exact) mass is 309 g/mol. The van der Waals surface area contributed by atoms with E-state index in [1.165, 1.54) is 18.9 Å². The fourth-order valence-corrected chi connectivity index (χ4v) is 3.10. The third-order valence-corrected chi connectivity index (χ3v) is 4.34. The Morgan fingerprint density at radius 3 is 2.44 bits per heavy atom. The lowest BCUT2D eigenvalue weighted by Crippen LogP contribution is -2.21. The molecule has 1 aromatic rings. The highest BCUT2D eigenvalue weighted by molar-refractivity contribution is 9.10. The van der Waals surface area contributed by atoms with Crippen LogP contribution in [0.25, 0.3) is 0 Å². The van der Waals surface area contributed by atoms with Crippen molar-refractivity contribution >= 4 is 15.9 Å². The Bertz CT molecular complexity index is 456. The number of nitriles is 1. The summed E-state index contributed by atoms with van der Waals surface area (Å²) >= 11 is 3.26. The summed E-state index contributed by atoms with van der Waals surface area (Å²) in [5.41, 5.74) is 0.312. The van der Waals surface area contributed by atoms with Gasteiger partial charge in [-0.3, -0.25) is 0 Å². The summed E-state index contributed by atoms with van der Waals surface area (Å²) in [7, 11) is 0. The van der Waals surface area contributed by atoms with Gasteiger partial charge in [-0.15, -0.1) is 0 Å². The van der Waals surface area contributed by atoms with Crippen LogP contribution in [-0.4, -0.2) is 0 Å². The predicted octanol–water partition coefficient (Wildman–Crippen LogP) is 4.99. The molecule has 0 unspecified atom stereocenters. The Kier molecular flexibility index (Phi) is 4.40. The smallest absolute Gasteiger partial charge is 0.127 e. The van der Waals surface area contributed by atoms with Crippen molar-refractivity contribution in [3.63, 3.8) is 0 Å². The summed E-state index contributed by atoms with van der Waals surface area (Å²) in [6, 6.07) is 7.60. The molecule has 0 heterocycles. The van der Waals surface area contributed by atoms with E-state index in [4.69, 9.17) is 0 Å². The van der Waals surface area contributed by atoms with Crippen molar-refractivity contribution in [3.05, 3.63) is 34.1 Å². The van der Waals surface area contributed by atoms with Crippen molar-refractivity contribution in [2.24, 2.45) is 5.41 Å². The third-order valence-electron chi connectivity index (χ3n) is 3.84. The van der Waals surface area contributed by atoms with Gasteiger partial charge >= 0.3 is 0 Å². The lowest BCUT2D eigenvalue weighted by atomic mass is 9.76. The van der Waals surface area contributed by atoms with Crippen LogP contribution in [0.3, 0.4) is 0 Å². The summed E-state index contributed by atoms with van der Waals surface area (Å²) in [5.74, 6) is -0.205. The maximum atomic E-state index is 13.9. The molecule has 3 heteroatoms. The van der Waals surface area contributed by atoms with E-state index in [9.17, 15) is 9.65 Å². The maximum Gasteiger partial charge on any atom is 0.127 e. The Labute approximate surface area is 116 Å². The fraction of sp³-hybridized carbons (Fsp3) is 0.533. The normalized spacial score (nSPS) is 18.9. The van der Waals surface area contributed by atoms with E-state index < -0.39 is 0 Å². The molecule has 96 valence electrons. The van der Waals surface area contributed by atoms with Crippen molar-refractivity contribution in [1.29, 1.82) is 5.26 Å². The van der Waals surface area contributed by atoms with Gasteiger partial charge in [0.2, 0.25) is 0 Å². The number of rotatable bonds is 2. The van der Waals surface area contributed by atoms with Crippen molar-refractivity contribution in [2.45, 2.75) is 44.9 Å². The van der Waals surface area contributed by atoms with Crippen LogP contribution in [0.5, 0.6) is 0 Å². The van der Waals surface area contributed by atoms with Gasteiger partial charge in [-0.1, -0.05) is 47.7 Å². The van der Waals surface area contributed by atoms with Gasteiger partial charge in [0.1, 0.15) is 5.82 Å². The Balaban J connectivity index is 2.21. The Morgan fingerprint density at radius 2 is 1.89 bits per heavy atom. The lowest BCUT2D eigenvalue weighted by molar-refractivity contribution is 0.334. The Hall–Kier alpha value is -0.880. The first-order valence-corrected chi connectivity index (χ1v) is 7.30. The molecular weight excluding hydrogens is 293 g/mol. The minimum atomic E-state index is -0.356. The number of hydrogen-bond donors (Lipinski definition) is 0. The molecule has 0 aliphatic heterocycles. The van der Waals surface area contributed by atoms with Crippen molar-refractivity contribution in [2.75, 3.05) is 0 Å². The van der Waals surface area contributed by atoms with Crippen LogP contribution in [0.4, 0.5) is 4.39 Å². The Morgan fingerprint density at radius 1 is 1.22 bits per heavy atom. The number of hydrogen-bond acceptors (Lipinski definition) is 1. The van der Waals surface area contributed by atoms with Crippen LogP contribution in [0.15, 0.2) is 22.7 Å². The van der Waals surface area contributed by atoms with Crippen LogP contribution in [0, 0.1) is 22.6 Å². The molecule has 0 amide bonds. The molecular formula is C15H17BrFN. The standard InChI is InChI=1S/C15H17BrFN/c16-13-6-5-12(14(17)9-13)10-15(11-18)7-3-1-2-4-8-15/h5-6,9H,1-4,7-8,10H2. The van der Waals surface area contributed by atoms with Gasteiger partial charge in [0.25, 0.3) is 0 Å². The minimum absolute atomic E-state index is 0.205. The molecule has 0 saturated heterocycles. The second kappa shape index (κ2) is 5.84. The summed E-state index contributed by atoms with van der Waals surface area (Å²) in [5, 5.41) is 9.49. The zero-order valence-electron chi connectivity index (χ0n) is 10.4. The van der Waals surface area contributed by atoms with Gasteiger partial charge in [0.05, 0.1) is 11.5 Å². The molecule has 1 saturated carbocycles. The topological polar surface area (TPSA) is 23.8 Å². The summed E-state index contributed by atoms with van der Waals surface area (Å²) in [4.78, 5) is 0. The highest BCUT2D eigenvalue weighted by atomic mass is 79.9. The van der Waals surface area contributed by atoms with E-state index in [0.29, 0.717) is 12.0 Å². The van der Waals surface area contributed by atoms with Crippen LogP contribution < -0.4 is 0 Å². The highest BCUT2D eigenvalue weighted by Gasteiger charge is 2.31. The highest BCUT2D eigenvalue weighted by Crippen LogP contribution is 2.38. The van der Waals surface area contributed by atoms with E-state index >= 15 is 0 Å². The number of benzene rings is 1.